The van der Waals surface area contributed by atoms with Crippen LogP contribution < -0.4 is 16.0 Å². The highest BCUT2D eigenvalue weighted by Crippen LogP contribution is 2.32. The van der Waals surface area contributed by atoms with Gasteiger partial charge >= 0.3 is 5.69 Å². The fourth-order valence-corrected chi connectivity index (χ4v) is 2.60. The highest BCUT2D eigenvalue weighted by atomic mass is 16.5. The first-order valence-corrected chi connectivity index (χ1v) is 6.79. The summed E-state index contributed by atoms with van der Waals surface area (Å²) in [7, 11) is 1.58. The Morgan fingerprint density at radius 2 is 1.82 bits per heavy atom. The van der Waals surface area contributed by atoms with Crippen LogP contribution in [0.3, 0.4) is 0 Å². The molecule has 3 rings (SSSR count). The van der Waals surface area contributed by atoms with E-state index < -0.39 is 11.2 Å². The summed E-state index contributed by atoms with van der Waals surface area (Å²) in [6.07, 6.45) is 0. The summed E-state index contributed by atoms with van der Waals surface area (Å²) in [6, 6.07) is 7.35. The molecule has 2 heterocycles. The molecule has 1 aromatic carbocycles. The number of hydrogen-bond donors (Lipinski definition) is 2. The summed E-state index contributed by atoms with van der Waals surface area (Å²) in [5.41, 5.74) is 2.25. The van der Waals surface area contributed by atoms with E-state index in [4.69, 9.17) is 4.74 Å². The van der Waals surface area contributed by atoms with Crippen LogP contribution in [-0.2, 0) is 0 Å². The molecule has 0 radical (unpaired) electrons. The Labute approximate surface area is 125 Å². The second-order valence-corrected chi connectivity index (χ2v) is 5.07. The summed E-state index contributed by atoms with van der Waals surface area (Å²) in [4.78, 5) is 32.9. The van der Waals surface area contributed by atoms with Crippen LogP contribution in [0.1, 0.15) is 11.4 Å². The molecule has 0 atom stereocenters. The van der Waals surface area contributed by atoms with Gasteiger partial charge in [0.2, 0.25) is 0 Å². The van der Waals surface area contributed by atoms with Gasteiger partial charge in [0.25, 0.3) is 5.56 Å². The van der Waals surface area contributed by atoms with E-state index in [2.05, 4.69) is 15.0 Å². The van der Waals surface area contributed by atoms with Crippen molar-refractivity contribution in [1.82, 2.24) is 15.0 Å². The Hall–Kier alpha value is -2.89. The first-order valence-electron chi connectivity index (χ1n) is 6.79. The molecule has 22 heavy (non-hydrogen) atoms. The maximum atomic E-state index is 12.2. The van der Waals surface area contributed by atoms with Crippen LogP contribution in [0.15, 0.2) is 33.9 Å². The SMILES string of the molecule is COc1ccc(-c2c(C)[nH]c(=O)[nH]c2=O)c2ccc(C)nc12. The minimum atomic E-state index is -0.516. The van der Waals surface area contributed by atoms with E-state index in [0.717, 1.165) is 11.1 Å². The van der Waals surface area contributed by atoms with Crippen molar-refractivity contribution in [1.29, 1.82) is 0 Å². The number of rotatable bonds is 2. The van der Waals surface area contributed by atoms with E-state index >= 15 is 0 Å². The summed E-state index contributed by atoms with van der Waals surface area (Å²) in [5.74, 6) is 0.640. The van der Waals surface area contributed by atoms with Gasteiger partial charge in [0, 0.05) is 16.8 Å². The molecule has 0 unspecified atom stereocenters. The Morgan fingerprint density at radius 3 is 2.50 bits per heavy atom. The molecule has 2 aromatic heterocycles. The lowest BCUT2D eigenvalue weighted by atomic mass is 10.00. The second kappa shape index (κ2) is 5.14. The van der Waals surface area contributed by atoms with Crippen molar-refractivity contribution in [2.24, 2.45) is 0 Å². The largest absolute Gasteiger partial charge is 0.494 e. The summed E-state index contributed by atoms with van der Waals surface area (Å²) in [5, 5.41) is 0.797. The minimum absolute atomic E-state index is 0.423. The van der Waals surface area contributed by atoms with Gasteiger partial charge in [0.1, 0.15) is 11.3 Å². The van der Waals surface area contributed by atoms with Crippen LogP contribution in [0.5, 0.6) is 5.75 Å². The van der Waals surface area contributed by atoms with Gasteiger partial charge < -0.3 is 9.72 Å². The van der Waals surface area contributed by atoms with Crippen LogP contribution in [0, 0.1) is 13.8 Å². The monoisotopic (exact) mass is 297 g/mol. The van der Waals surface area contributed by atoms with Gasteiger partial charge in [-0.2, -0.15) is 0 Å². The number of pyridine rings is 1. The summed E-state index contributed by atoms with van der Waals surface area (Å²) in [6.45, 7) is 3.59. The average molecular weight is 297 g/mol. The average Bonchev–Trinajstić information content (AvgIpc) is 2.46. The number of fused-ring (bicyclic) bond motifs is 1. The lowest BCUT2D eigenvalue weighted by Gasteiger charge is -2.11. The lowest BCUT2D eigenvalue weighted by Crippen LogP contribution is -2.25. The molecule has 112 valence electrons. The van der Waals surface area contributed by atoms with E-state index in [1.165, 1.54) is 0 Å². The quantitative estimate of drug-likeness (QED) is 0.756. The number of aryl methyl sites for hydroxylation is 2. The third kappa shape index (κ3) is 2.18. The molecule has 0 aliphatic rings. The molecule has 0 saturated carbocycles. The number of ether oxygens (including phenoxy) is 1. The zero-order valence-corrected chi connectivity index (χ0v) is 12.5. The predicted octanol–water partition coefficient (Wildman–Crippen LogP) is 1.90. The molecule has 0 aliphatic heterocycles. The Bertz CT molecular complexity index is 986. The fraction of sp³-hybridized carbons (Fsp3) is 0.188. The topological polar surface area (TPSA) is 87.8 Å². The van der Waals surface area contributed by atoms with Crippen LogP contribution in [-0.4, -0.2) is 22.1 Å². The molecule has 3 aromatic rings. The van der Waals surface area contributed by atoms with Gasteiger partial charge in [-0.3, -0.25) is 9.78 Å². The first-order chi connectivity index (χ1) is 10.5. The Kier molecular flexibility index (Phi) is 3.29. The van der Waals surface area contributed by atoms with Crippen LogP contribution >= 0.6 is 0 Å². The number of nitrogens with zero attached hydrogens (tertiary/aromatic N) is 1. The van der Waals surface area contributed by atoms with Crippen molar-refractivity contribution in [2.75, 3.05) is 7.11 Å². The molecule has 0 saturated heterocycles. The zero-order chi connectivity index (χ0) is 15.9. The van der Waals surface area contributed by atoms with Gasteiger partial charge in [-0.25, -0.2) is 9.78 Å². The van der Waals surface area contributed by atoms with Gasteiger partial charge in [0.05, 0.1) is 12.7 Å². The summed E-state index contributed by atoms with van der Waals surface area (Å²) >= 11 is 0. The first kappa shape index (κ1) is 14.1. The zero-order valence-electron chi connectivity index (χ0n) is 12.5. The molecule has 0 spiro atoms. The number of hydrogen-bond acceptors (Lipinski definition) is 4. The van der Waals surface area contributed by atoms with E-state index in [1.807, 2.05) is 19.1 Å². The standard InChI is InChI=1S/C16H15N3O3/c1-8-4-5-11-10(6-7-12(22-3)14(11)17-8)13-9(2)18-16(21)19-15(13)20/h4-7H,1-3H3,(H2,18,19,20,21). The Morgan fingerprint density at radius 1 is 1.05 bits per heavy atom. The molecule has 6 nitrogen and oxygen atoms in total. The number of nitrogens with one attached hydrogen (secondary N) is 2. The van der Waals surface area contributed by atoms with Crippen LogP contribution in [0.25, 0.3) is 22.0 Å². The van der Waals surface area contributed by atoms with Gasteiger partial charge in [0.15, 0.2) is 0 Å². The number of methoxy groups -OCH3 is 1. The van der Waals surface area contributed by atoms with E-state index in [1.54, 1.807) is 26.2 Å². The third-order valence-electron chi connectivity index (χ3n) is 3.58. The molecule has 0 aliphatic carbocycles. The second-order valence-electron chi connectivity index (χ2n) is 5.07. The van der Waals surface area contributed by atoms with Crippen molar-refractivity contribution >= 4 is 10.9 Å². The number of H-pyrrole nitrogens is 2. The Balaban J connectivity index is 2.43. The van der Waals surface area contributed by atoms with Gasteiger partial charge in [-0.05, 0) is 37.6 Å². The predicted molar refractivity (Wildman–Crippen MR) is 84.4 cm³/mol. The van der Waals surface area contributed by atoms with Crippen LogP contribution in [0.4, 0.5) is 0 Å². The number of aromatic amines is 2. The van der Waals surface area contributed by atoms with Crippen molar-refractivity contribution in [2.45, 2.75) is 13.8 Å². The molecular weight excluding hydrogens is 282 g/mol. The van der Waals surface area contributed by atoms with Crippen molar-refractivity contribution in [3.63, 3.8) is 0 Å². The normalized spacial score (nSPS) is 10.9. The molecule has 0 bridgehead atoms. The van der Waals surface area contributed by atoms with E-state index in [0.29, 0.717) is 28.1 Å². The van der Waals surface area contributed by atoms with Crippen LogP contribution in [0.2, 0.25) is 0 Å². The fourth-order valence-electron chi connectivity index (χ4n) is 2.60. The molecule has 0 amide bonds. The molecule has 2 N–H and O–H groups in total. The molecule has 6 heteroatoms. The highest BCUT2D eigenvalue weighted by Gasteiger charge is 2.15. The number of aromatic nitrogens is 3. The van der Waals surface area contributed by atoms with E-state index in [9.17, 15) is 9.59 Å². The maximum absolute atomic E-state index is 12.2. The third-order valence-corrected chi connectivity index (χ3v) is 3.58. The molecule has 0 fully saturated rings. The smallest absolute Gasteiger partial charge is 0.325 e. The summed E-state index contributed by atoms with van der Waals surface area (Å²) < 4.78 is 5.35. The highest BCUT2D eigenvalue weighted by molar-refractivity contribution is 5.98. The van der Waals surface area contributed by atoms with Gasteiger partial charge in [-0.15, -0.1) is 0 Å². The lowest BCUT2D eigenvalue weighted by molar-refractivity contribution is 0.419. The maximum Gasteiger partial charge on any atom is 0.325 e. The number of benzene rings is 1. The van der Waals surface area contributed by atoms with Gasteiger partial charge in [-0.1, -0.05) is 6.07 Å². The minimum Gasteiger partial charge on any atom is -0.494 e. The van der Waals surface area contributed by atoms with Crippen molar-refractivity contribution < 1.29 is 4.74 Å². The molecular formula is C16H15N3O3. The van der Waals surface area contributed by atoms with Crippen molar-refractivity contribution in [3.8, 4) is 16.9 Å². The van der Waals surface area contributed by atoms with Crippen molar-refractivity contribution in [3.05, 3.63) is 56.5 Å². The van der Waals surface area contributed by atoms with E-state index in [-0.39, 0.29) is 0 Å².